The van der Waals surface area contributed by atoms with E-state index >= 15 is 0 Å². The Kier molecular flexibility index (Phi) is 3.56. The van der Waals surface area contributed by atoms with Gasteiger partial charge >= 0.3 is 5.37 Å². The molecule has 0 spiro atoms. The lowest BCUT2D eigenvalue weighted by Gasteiger charge is -2.35. The quantitative estimate of drug-likeness (QED) is 0.572. The Morgan fingerprint density at radius 1 is 1.12 bits per heavy atom. The van der Waals surface area contributed by atoms with Gasteiger partial charge in [0.1, 0.15) is 0 Å². The molecule has 1 fully saturated rings. The number of hydrogen-bond donors (Lipinski definition) is 0. The molecule has 0 atom stereocenters. The van der Waals surface area contributed by atoms with Gasteiger partial charge < -0.3 is 9.80 Å². The summed E-state index contributed by atoms with van der Waals surface area (Å²) >= 11 is 11.5. The van der Waals surface area contributed by atoms with Gasteiger partial charge in [-0.05, 0) is 23.7 Å². The molecule has 1 aromatic rings. The molecule has 1 aliphatic heterocycles. The molecule has 1 heterocycles. The first-order valence-corrected chi connectivity index (χ1v) is 5.88. The zero-order chi connectivity index (χ0) is 11.5. The molecule has 5 heteroatoms. The molecular weight excluding hydrogens is 247 g/mol. The lowest BCUT2D eigenvalue weighted by Crippen LogP contribution is -2.47. The standard InChI is InChI=1S/C11H12Cl2N2O/c12-9-3-1-2-4-10(9)14-5-7-15(8-6-14)11(13)16/h1-4H,5-8H2. The maximum atomic E-state index is 11.0. The van der Waals surface area contributed by atoms with Gasteiger partial charge in [-0.15, -0.1) is 0 Å². The summed E-state index contributed by atoms with van der Waals surface area (Å²) in [5.74, 6) is 0. The lowest BCUT2D eigenvalue weighted by atomic mass is 10.2. The largest absolute Gasteiger partial charge is 0.367 e. The van der Waals surface area contributed by atoms with Crippen LogP contribution < -0.4 is 4.90 Å². The fourth-order valence-corrected chi connectivity index (χ4v) is 2.26. The number of carbonyl (C=O) groups excluding carboxylic acids is 1. The zero-order valence-corrected chi connectivity index (χ0v) is 10.2. The van der Waals surface area contributed by atoms with Crippen molar-refractivity contribution < 1.29 is 4.79 Å². The number of amides is 1. The molecule has 0 bridgehead atoms. The summed E-state index contributed by atoms with van der Waals surface area (Å²) in [6, 6.07) is 7.72. The summed E-state index contributed by atoms with van der Waals surface area (Å²) in [4.78, 5) is 14.8. The minimum absolute atomic E-state index is 0.376. The van der Waals surface area contributed by atoms with Gasteiger partial charge in [0.25, 0.3) is 0 Å². The minimum atomic E-state index is -0.376. The lowest BCUT2D eigenvalue weighted by molar-refractivity contribution is 0.218. The van der Waals surface area contributed by atoms with E-state index in [2.05, 4.69) is 4.90 Å². The predicted molar refractivity (Wildman–Crippen MR) is 66.5 cm³/mol. The van der Waals surface area contributed by atoms with Gasteiger partial charge in [-0.25, -0.2) is 0 Å². The highest BCUT2D eigenvalue weighted by Crippen LogP contribution is 2.26. The van der Waals surface area contributed by atoms with E-state index in [1.807, 2.05) is 24.3 Å². The number of rotatable bonds is 1. The monoisotopic (exact) mass is 258 g/mol. The first-order chi connectivity index (χ1) is 7.68. The number of piperazine rings is 1. The Hall–Kier alpha value is -0.930. The van der Waals surface area contributed by atoms with Crippen molar-refractivity contribution in [1.82, 2.24) is 4.90 Å². The molecule has 1 saturated heterocycles. The fourth-order valence-electron chi connectivity index (χ4n) is 1.83. The van der Waals surface area contributed by atoms with Crippen LogP contribution in [0.3, 0.4) is 0 Å². The van der Waals surface area contributed by atoms with Crippen molar-refractivity contribution in [1.29, 1.82) is 0 Å². The van der Waals surface area contributed by atoms with Crippen LogP contribution in [0.25, 0.3) is 0 Å². The highest BCUT2D eigenvalue weighted by Gasteiger charge is 2.20. The SMILES string of the molecule is O=C(Cl)N1CCN(c2ccccc2Cl)CC1. The van der Waals surface area contributed by atoms with Gasteiger partial charge in [0, 0.05) is 26.2 Å². The molecule has 0 N–H and O–H groups in total. The van der Waals surface area contributed by atoms with Crippen LogP contribution in [0.4, 0.5) is 10.5 Å². The number of anilines is 1. The molecule has 1 aliphatic rings. The van der Waals surface area contributed by atoms with Gasteiger partial charge in [0.2, 0.25) is 0 Å². The van der Waals surface area contributed by atoms with Gasteiger partial charge in [0.05, 0.1) is 10.7 Å². The zero-order valence-electron chi connectivity index (χ0n) is 8.70. The molecule has 0 aliphatic carbocycles. The highest BCUT2D eigenvalue weighted by atomic mass is 35.5. The summed E-state index contributed by atoms with van der Waals surface area (Å²) in [5.41, 5.74) is 1.02. The third-order valence-electron chi connectivity index (χ3n) is 2.72. The maximum absolute atomic E-state index is 11.0. The highest BCUT2D eigenvalue weighted by molar-refractivity contribution is 6.62. The Labute approximate surface area is 105 Å². The summed E-state index contributed by atoms with van der Waals surface area (Å²) in [6.45, 7) is 2.82. The van der Waals surface area contributed by atoms with Crippen molar-refractivity contribution in [2.45, 2.75) is 0 Å². The normalized spacial score (nSPS) is 16.4. The Balaban J connectivity index is 2.05. The predicted octanol–water partition coefficient (Wildman–Crippen LogP) is 2.82. The van der Waals surface area contributed by atoms with Crippen LogP contribution in [0.1, 0.15) is 0 Å². The van der Waals surface area contributed by atoms with Crippen LogP contribution in [0.5, 0.6) is 0 Å². The number of nitrogens with zero attached hydrogens (tertiary/aromatic N) is 2. The van der Waals surface area contributed by atoms with Crippen molar-refractivity contribution in [3.8, 4) is 0 Å². The Bertz CT molecular complexity index is 389. The summed E-state index contributed by atoms with van der Waals surface area (Å²) < 4.78 is 0. The second-order valence-electron chi connectivity index (χ2n) is 3.68. The summed E-state index contributed by atoms with van der Waals surface area (Å²) in [6.07, 6.45) is 0. The van der Waals surface area contributed by atoms with Crippen molar-refractivity contribution >= 4 is 34.3 Å². The van der Waals surface area contributed by atoms with E-state index in [4.69, 9.17) is 23.2 Å². The van der Waals surface area contributed by atoms with Gasteiger partial charge in [-0.1, -0.05) is 23.7 Å². The van der Waals surface area contributed by atoms with Crippen LogP contribution in [0, 0.1) is 0 Å². The number of para-hydroxylation sites is 1. The van der Waals surface area contributed by atoms with E-state index in [1.54, 1.807) is 4.90 Å². The van der Waals surface area contributed by atoms with Gasteiger partial charge in [-0.2, -0.15) is 0 Å². The molecule has 1 amide bonds. The van der Waals surface area contributed by atoms with Crippen molar-refractivity contribution in [3.05, 3.63) is 29.3 Å². The van der Waals surface area contributed by atoms with Crippen LogP contribution in [0.2, 0.25) is 5.02 Å². The minimum Gasteiger partial charge on any atom is -0.367 e. The molecule has 0 aromatic heterocycles. The van der Waals surface area contributed by atoms with Crippen molar-refractivity contribution in [3.63, 3.8) is 0 Å². The van der Waals surface area contributed by atoms with E-state index in [-0.39, 0.29) is 5.37 Å². The maximum Gasteiger partial charge on any atom is 0.316 e. The average molecular weight is 259 g/mol. The molecule has 0 radical (unpaired) electrons. The molecule has 3 nitrogen and oxygen atoms in total. The first-order valence-electron chi connectivity index (χ1n) is 5.12. The van der Waals surface area contributed by atoms with Gasteiger partial charge in [-0.3, -0.25) is 4.79 Å². The average Bonchev–Trinajstić information content (AvgIpc) is 2.30. The van der Waals surface area contributed by atoms with Crippen LogP contribution in [-0.4, -0.2) is 36.4 Å². The number of halogens is 2. The number of benzene rings is 1. The third-order valence-corrected chi connectivity index (χ3v) is 3.28. The molecular formula is C11H12Cl2N2O. The van der Waals surface area contributed by atoms with E-state index in [0.29, 0.717) is 13.1 Å². The third kappa shape index (κ3) is 2.42. The second-order valence-corrected chi connectivity index (χ2v) is 4.41. The van der Waals surface area contributed by atoms with Crippen molar-refractivity contribution in [2.24, 2.45) is 0 Å². The van der Waals surface area contributed by atoms with E-state index in [0.717, 1.165) is 23.8 Å². The summed E-state index contributed by atoms with van der Waals surface area (Å²) in [5, 5.41) is 0.368. The first kappa shape index (κ1) is 11.6. The smallest absolute Gasteiger partial charge is 0.316 e. The van der Waals surface area contributed by atoms with E-state index in [9.17, 15) is 4.79 Å². The molecule has 16 heavy (non-hydrogen) atoms. The van der Waals surface area contributed by atoms with E-state index in [1.165, 1.54) is 0 Å². The van der Waals surface area contributed by atoms with Crippen LogP contribution in [0.15, 0.2) is 24.3 Å². The van der Waals surface area contributed by atoms with E-state index < -0.39 is 0 Å². The van der Waals surface area contributed by atoms with Crippen LogP contribution >= 0.6 is 23.2 Å². The van der Waals surface area contributed by atoms with Crippen molar-refractivity contribution in [2.75, 3.05) is 31.1 Å². The fraction of sp³-hybridized carbons (Fsp3) is 0.364. The Morgan fingerprint density at radius 2 is 1.75 bits per heavy atom. The molecule has 86 valence electrons. The molecule has 0 saturated carbocycles. The Morgan fingerprint density at radius 3 is 2.31 bits per heavy atom. The summed E-state index contributed by atoms with van der Waals surface area (Å²) in [7, 11) is 0. The molecule has 2 rings (SSSR count). The second kappa shape index (κ2) is 4.93. The van der Waals surface area contributed by atoms with Crippen LogP contribution in [-0.2, 0) is 0 Å². The molecule has 1 aromatic carbocycles. The number of hydrogen-bond acceptors (Lipinski definition) is 2. The number of carbonyl (C=O) groups is 1. The molecule has 0 unspecified atom stereocenters. The topological polar surface area (TPSA) is 23.6 Å². The van der Waals surface area contributed by atoms with Gasteiger partial charge in [0.15, 0.2) is 0 Å².